The average Bonchev–Trinajstić information content (AvgIpc) is 2.89. The highest BCUT2D eigenvalue weighted by Crippen LogP contribution is 2.21. The number of benzene rings is 1. The number of aromatic nitrogens is 2. The molecule has 0 spiro atoms. The van der Waals surface area contributed by atoms with Crippen LogP contribution in [-0.4, -0.2) is 42.6 Å². The van der Waals surface area contributed by atoms with Gasteiger partial charge in [0, 0.05) is 32.0 Å². The zero-order valence-electron chi connectivity index (χ0n) is 13.3. The van der Waals surface area contributed by atoms with Crippen molar-refractivity contribution in [2.45, 2.75) is 24.2 Å². The molecule has 6 nitrogen and oxygen atoms in total. The first-order valence-electron chi connectivity index (χ1n) is 7.58. The third kappa shape index (κ3) is 3.81. The van der Waals surface area contributed by atoms with Gasteiger partial charge in [-0.3, -0.25) is 5.01 Å². The highest BCUT2D eigenvalue weighted by atomic mass is 32.2. The topological polar surface area (TPSA) is 67.6 Å². The van der Waals surface area contributed by atoms with Crippen molar-refractivity contribution in [1.82, 2.24) is 14.8 Å². The van der Waals surface area contributed by atoms with Crippen molar-refractivity contribution in [3.05, 3.63) is 29.1 Å². The van der Waals surface area contributed by atoms with E-state index in [0.717, 1.165) is 28.5 Å². The number of sulfone groups is 1. The van der Waals surface area contributed by atoms with Crippen molar-refractivity contribution in [3.63, 3.8) is 0 Å². The van der Waals surface area contributed by atoms with Crippen LogP contribution < -0.4 is 4.80 Å². The SMILES string of the molecule is Cn1nc(-c2ccc(S(C)(=O)=O)cc2)s/c1=N\N1CCCCC1. The fraction of sp³-hybridized carbons (Fsp3) is 0.467. The minimum absolute atomic E-state index is 0.320. The zero-order chi connectivity index (χ0) is 16.4. The average molecular weight is 352 g/mol. The Morgan fingerprint density at radius 3 is 2.39 bits per heavy atom. The van der Waals surface area contributed by atoms with Crippen LogP contribution in [0.5, 0.6) is 0 Å². The minimum atomic E-state index is -3.17. The van der Waals surface area contributed by atoms with E-state index in [-0.39, 0.29) is 0 Å². The summed E-state index contributed by atoms with van der Waals surface area (Å²) in [5, 5.41) is 12.1. The molecule has 0 radical (unpaired) electrons. The van der Waals surface area contributed by atoms with E-state index >= 15 is 0 Å². The summed E-state index contributed by atoms with van der Waals surface area (Å²) in [6, 6.07) is 6.82. The van der Waals surface area contributed by atoms with E-state index in [9.17, 15) is 8.42 Å². The second kappa shape index (κ2) is 6.45. The van der Waals surface area contributed by atoms with Crippen molar-refractivity contribution >= 4 is 21.2 Å². The molecule has 1 saturated heterocycles. The first-order valence-corrected chi connectivity index (χ1v) is 10.3. The molecule has 2 aromatic rings. The van der Waals surface area contributed by atoms with Gasteiger partial charge in [-0.2, -0.15) is 5.10 Å². The van der Waals surface area contributed by atoms with Gasteiger partial charge in [-0.05, 0) is 31.4 Å². The third-order valence-electron chi connectivity index (χ3n) is 3.79. The number of hydrogen-bond acceptors (Lipinski definition) is 6. The first kappa shape index (κ1) is 16.2. The first-order chi connectivity index (χ1) is 10.9. The Balaban J connectivity index is 1.89. The zero-order valence-corrected chi connectivity index (χ0v) is 14.9. The molecule has 0 saturated carbocycles. The molecule has 1 aromatic heterocycles. The molecule has 1 aromatic carbocycles. The van der Waals surface area contributed by atoms with E-state index in [2.05, 4.69) is 15.2 Å². The lowest BCUT2D eigenvalue weighted by molar-refractivity contribution is 0.229. The Morgan fingerprint density at radius 1 is 1.13 bits per heavy atom. The van der Waals surface area contributed by atoms with Crippen molar-refractivity contribution in [2.75, 3.05) is 19.3 Å². The highest BCUT2D eigenvalue weighted by Gasteiger charge is 2.11. The van der Waals surface area contributed by atoms with Gasteiger partial charge >= 0.3 is 0 Å². The van der Waals surface area contributed by atoms with Crippen molar-refractivity contribution in [3.8, 4) is 10.6 Å². The van der Waals surface area contributed by atoms with Crippen LogP contribution in [0.1, 0.15) is 19.3 Å². The highest BCUT2D eigenvalue weighted by molar-refractivity contribution is 7.90. The molecule has 0 N–H and O–H groups in total. The second-order valence-electron chi connectivity index (χ2n) is 5.72. The molecular formula is C15H20N4O2S2. The van der Waals surface area contributed by atoms with Crippen LogP contribution in [-0.2, 0) is 16.9 Å². The summed E-state index contributed by atoms with van der Waals surface area (Å²) in [7, 11) is -1.29. The molecule has 23 heavy (non-hydrogen) atoms. The summed E-state index contributed by atoms with van der Waals surface area (Å²) in [5.74, 6) is 0. The maximum absolute atomic E-state index is 11.5. The van der Waals surface area contributed by atoms with E-state index in [1.54, 1.807) is 28.9 Å². The predicted octanol–water partition coefficient (Wildman–Crippen LogP) is 1.85. The molecule has 0 aliphatic carbocycles. The molecule has 1 fully saturated rings. The molecule has 1 aliphatic rings. The molecule has 0 atom stereocenters. The maximum atomic E-state index is 11.5. The van der Waals surface area contributed by atoms with Crippen LogP contribution in [0.2, 0.25) is 0 Å². The van der Waals surface area contributed by atoms with Crippen LogP contribution in [0.15, 0.2) is 34.3 Å². The molecule has 0 bridgehead atoms. The molecule has 0 amide bonds. The summed E-state index contributed by atoms with van der Waals surface area (Å²) in [5.41, 5.74) is 0.901. The Morgan fingerprint density at radius 2 is 1.78 bits per heavy atom. The summed E-state index contributed by atoms with van der Waals surface area (Å²) in [4.78, 5) is 1.18. The Bertz CT molecular complexity index is 844. The predicted molar refractivity (Wildman–Crippen MR) is 90.6 cm³/mol. The summed E-state index contributed by atoms with van der Waals surface area (Å²) >= 11 is 1.51. The van der Waals surface area contributed by atoms with Gasteiger partial charge < -0.3 is 0 Å². The molecule has 0 unspecified atom stereocenters. The van der Waals surface area contributed by atoms with Gasteiger partial charge in [0.2, 0.25) is 4.80 Å². The molecular weight excluding hydrogens is 332 g/mol. The molecule has 8 heteroatoms. The number of piperidine rings is 1. The Kier molecular flexibility index (Phi) is 4.54. The molecule has 124 valence electrons. The van der Waals surface area contributed by atoms with Crippen molar-refractivity contribution < 1.29 is 8.42 Å². The van der Waals surface area contributed by atoms with Crippen LogP contribution in [0.3, 0.4) is 0 Å². The fourth-order valence-electron chi connectivity index (χ4n) is 2.50. The van der Waals surface area contributed by atoms with Crippen LogP contribution in [0.25, 0.3) is 10.6 Å². The van der Waals surface area contributed by atoms with Gasteiger partial charge in [0.15, 0.2) is 9.84 Å². The lowest BCUT2D eigenvalue weighted by atomic mass is 10.2. The van der Waals surface area contributed by atoms with Gasteiger partial charge in [-0.15, -0.1) is 5.10 Å². The standard InChI is InChI=1S/C15H20N4O2S2/c1-18-15(17-19-10-4-3-5-11-19)22-14(16-18)12-6-8-13(9-7-12)23(2,20)21/h6-9H,3-5,10-11H2,1-2H3/b17-15-. The third-order valence-corrected chi connectivity index (χ3v) is 5.96. The maximum Gasteiger partial charge on any atom is 0.226 e. The van der Waals surface area contributed by atoms with Crippen LogP contribution >= 0.6 is 11.3 Å². The van der Waals surface area contributed by atoms with Gasteiger partial charge in [0.25, 0.3) is 0 Å². The lowest BCUT2D eigenvalue weighted by Gasteiger charge is -2.22. The van der Waals surface area contributed by atoms with Crippen LogP contribution in [0, 0.1) is 0 Å². The van der Waals surface area contributed by atoms with E-state index < -0.39 is 9.84 Å². The summed E-state index contributed by atoms with van der Waals surface area (Å²) < 4.78 is 24.8. The quantitative estimate of drug-likeness (QED) is 0.845. The van der Waals surface area contributed by atoms with Gasteiger partial charge in [-0.1, -0.05) is 23.5 Å². The summed E-state index contributed by atoms with van der Waals surface area (Å²) in [6.45, 7) is 1.99. The lowest BCUT2D eigenvalue weighted by Crippen LogP contribution is -2.28. The Labute approximate surface area is 140 Å². The largest absolute Gasteiger partial charge is 0.294 e. The molecule has 1 aliphatic heterocycles. The number of rotatable bonds is 3. The smallest absolute Gasteiger partial charge is 0.226 e. The molecule has 3 rings (SSSR count). The summed E-state index contributed by atoms with van der Waals surface area (Å²) in [6.07, 6.45) is 4.86. The van der Waals surface area contributed by atoms with E-state index in [4.69, 9.17) is 0 Å². The monoisotopic (exact) mass is 352 g/mol. The number of aryl methyl sites for hydroxylation is 1. The van der Waals surface area contributed by atoms with E-state index in [1.165, 1.54) is 36.9 Å². The molecule has 2 heterocycles. The second-order valence-corrected chi connectivity index (χ2v) is 8.70. The number of nitrogens with zero attached hydrogens (tertiary/aromatic N) is 4. The fourth-order valence-corrected chi connectivity index (χ4v) is 4.05. The van der Waals surface area contributed by atoms with Gasteiger partial charge in [-0.25, -0.2) is 13.1 Å². The minimum Gasteiger partial charge on any atom is -0.294 e. The van der Waals surface area contributed by atoms with E-state index in [0.29, 0.717) is 4.90 Å². The van der Waals surface area contributed by atoms with E-state index in [1.807, 2.05) is 7.05 Å². The van der Waals surface area contributed by atoms with Crippen LogP contribution in [0.4, 0.5) is 0 Å². The van der Waals surface area contributed by atoms with Gasteiger partial charge in [0.1, 0.15) is 5.01 Å². The Hall–Kier alpha value is -1.67. The normalized spacial score (nSPS) is 16.8. The van der Waals surface area contributed by atoms with Crippen molar-refractivity contribution in [1.29, 1.82) is 0 Å². The van der Waals surface area contributed by atoms with Gasteiger partial charge in [0.05, 0.1) is 4.90 Å². The number of hydrogen-bond donors (Lipinski definition) is 0. The van der Waals surface area contributed by atoms with Crippen molar-refractivity contribution in [2.24, 2.45) is 12.1 Å².